The molecule has 3 heteroatoms. The van der Waals surface area contributed by atoms with E-state index in [2.05, 4.69) is 34.7 Å². The highest BCUT2D eigenvalue weighted by molar-refractivity contribution is 14.1. The molecule has 1 nitrogen and oxygen atoms in total. The fourth-order valence-electron chi connectivity index (χ4n) is 1.73. The molecule has 1 atom stereocenters. The first-order valence-electron chi connectivity index (χ1n) is 5.41. The minimum absolute atomic E-state index is 0.00750. The molecule has 0 aliphatic heterocycles. The lowest BCUT2D eigenvalue weighted by molar-refractivity contribution is 0.722. The Bertz CT molecular complexity index is 499. The van der Waals surface area contributed by atoms with E-state index in [1.807, 2.05) is 36.4 Å². The summed E-state index contributed by atoms with van der Waals surface area (Å²) in [4.78, 5) is 0. The quantitative estimate of drug-likeness (QED) is 0.819. The van der Waals surface area contributed by atoms with Crippen molar-refractivity contribution in [3.63, 3.8) is 0 Å². The van der Waals surface area contributed by atoms with Gasteiger partial charge < -0.3 is 5.73 Å². The number of hydrogen-bond donors (Lipinski definition) is 1. The second-order valence-electron chi connectivity index (χ2n) is 3.97. The highest BCUT2D eigenvalue weighted by Gasteiger charge is 2.08. The Morgan fingerprint density at radius 1 is 1.12 bits per heavy atom. The maximum absolute atomic E-state index is 6.18. The fraction of sp³-hybridized carbons (Fsp3) is 0.143. The van der Waals surface area contributed by atoms with Crippen molar-refractivity contribution in [3.05, 3.63) is 68.3 Å². The monoisotopic (exact) mass is 357 g/mol. The SMILES string of the molecule is NC(Cc1ccccc1)c1ccc(I)c(Cl)c1. The molecule has 0 radical (unpaired) electrons. The zero-order valence-corrected chi connectivity index (χ0v) is 12.1. The van der Waals surface area contributed by atoms with E-state index < -0.39 is 0 Å². The van der Waals surface area contributed by atoms with Gasteiger partial charge in [-0.2, -0.15) is 0 Å². The lowest BCUT2D eigenvalue weighted by atomic mass is 10.00. The standard InChI is InChI=1S/C14H13ClIN/c15-12-9-11(6-7-13(12)16)14(17)8-10-4-2-1-3-5-10/h1-7,9,14H,8,17H2. The van der Waals surface area contributed by atoms with Crippen molar-refractivity contribution in [2.45, 2.75) is 12.5 Å². The van der Waals surface area contributed by atoms with Gasteiger partial charge in [0.2, 0.25) is 0 Å². The summed E-state index contributed by atoms with van der Waals surface area (Å²) in [5.41, 5.74) is 8.51. The van der Waals surface area contributed by atoms with Crippen molar-refractivity contribution in [3.8, 4) is 0 Å². The average molecular weight is 358 g/mol. The van der Waals surface area contributed by atoms with Gasteiger partial charge in [-0.15, -0.1) is 0 Å². The smallest absolute Gasteiger partial charge is 0.0542 e. The zero-order chi connectivity index (χ0) is 12.3. The molecule has 0 aromatic heterocycles. The van der Waals surface area contributed by atoms with E-state index in [-0.39, 0.29) is 6.04 Å². The molecule has 0 bridgehead atoms. The molecule has 1 unspecified atom stereocenters. The van der Waals surface area contributed by atoms with E-state index in [4.69, 9.17) is 17.3 Å². The lowest BCUT2D eigenvalue weighted by Gasteiger charge is -2.13. The third-order valence-electron chi connectivity index (χ3n) is 2.67. The van der Waals surface area contributed by atoms with Crippen LogP contribution in [0.4, 0.5) is 0 Å². The van der Waals surface area contributed by atoms with Crippen LogP contribution in [0.25, 0.3) is 0 Å². The van der Waals surface area contributed by atoms with Crippen LogP contribution in [0, 0.1) is 3.57 Å². The predicted molar refractivity (Wildman–Crippen MR) is 81.2 cm³/mol. The number of nitrogens with two attached hydrogens (primary N) is 1. The first-order valence-corrected chi connectivity index (χ1v) is 6.87. The van der Waals surface area contributed by atoms with Crippen LogP contribution in [-0.4, -0.2) is 0 Å². The molecular weight excluding hydrogens is 345 g/mol. The molecule has 17 heavy (non-hydrogen) atoms. The Morgan fingerprint density at radius 3 is 2.47 bits per heavy atom. The van der Waals surface area contributed by atoms with E-state index >= 15 is 0 Å². The van der Waals surface area contributed by atoms with Gasteiger partial charge >= 0.3 is 0 Å². The molecule has 0 fully saturated rings. The van der Waals surface area contributed by atoms with Crippen molar-refractivity contribution >= 4 is 34.2 Å². The molecule has 2 rings (SSSR count). The maximum Gasteiger partial charge on any atom is 0.0542 e. The predicted octanol–water partition coefficient (Wildman–Crippen LogP) is 4.19. The van der Waals surface area contributed by atoms with Crippen LogP contribution >= 0.6 is 34.2 Å². The third-order valence-corrected chi connectivity index (χ3v) is 4.24. The van der Waals surface area contributed by atoms with Gasteiger partial charge in [0, 0.05) is 9.61 Å². The zero-order valence-electron chi connectivity index (χ0n) is 9.24. The van der Waals surface area contributed by atoms with Crippen molar-refractivity contribution < 1.29 is 0 Å². The molecule has 2 aromatic carbocycles. The summed E-state index contributed by atoms with van der Waals surface area (Å²) in [6.45, 7) is 0. The van der Waals surface area contributed by atoms with Gasteiger partial charge in [0.25, 0.3) is 0 Å². The molecule has 0 aliphatic rings. The highest BCUT2D eigenvalue weighted by Crippen LogP contribution is 2.24. The molecule has 2 N–H and O–H groups in total. The van der Waals surface area contributed by atoms with Crippen LogP contribution in [0.3, 0.4) is 0 Å². The first-order chi connectivity index (χ1) is 8.16. The summed E-state index contributed by atoms with van der Waals surface area (Å²) in [7, 11) is 0. The summed E-state index contributed by atoms with van der Waals surface area (Å²) < 4.78 is 1.06. The molecule has 0 heterocycles. The van der Waals surface area contributed by atoms with Gasteiger partial charge in [-0.3, -0.25) is 0 Å². The molecule has 0 spiro atoms. The molecule has 0 saturated carbocycles. The van der Waals surface area contributed by atoms with Crippen LogP contribution in [0.2, 0.25) is 5.02 Å². The summed E-state index contributed by atoms with van der Waals surface area (Å²) in [6.07, 6.45) is 0.831. The molecule has 0 amide bonds. The van der Waals surface area contributed by atoms with Gasteiger partial charge in [-0.1, -0.05) is 48.0 Å². The average Bonchev–Trinajstić information content (AvgIpc) is 2.34. The van der Waals surface area contributed by atoms with Crippen LogP contribution < -0.4 is 5.73 Å². The van der Waals surface area contributed by atoms with E-state index in [1.54, 1.807) is 0 Å². The number of rotatable bonds is 3. The minimum atomic E-state index is -0.00750. The van der Waals surface area contributed by atoms with Crippen molar-refractivity contribution in [2.24, 2.45) is 5.73 Å². The summed E-state index contributed by atoms with van der Waals surface area (Å²) in [5.74, 6) is 0. The largest absolute Gasteiger partial charge is 0.324 e. The van der Waals surface area contributed by atoms with Crippen LogP contribution in [0.5, 0.6) is 0 Å². The molecule has 0 aliphatic carbocycles. The summed E-state index contributed by atoms with van der Waals surface area (Å²) in [6, 6.07) is 16.2. The Balaban J connectivity index is 2.14. The Labute approximate surface area is 120 Å². The molecule has 0 saturated heterocycles. The Morgan fingerprint density at radius 2 is 1.82 bits per heavy atom. The summed E-state index contributed by atoms with van der Waals surface area (Å²) in [5, 5.41) is 0.770. The van der Waals surface area contributed by atoms with Crippen LogP contribution in [-0.2, 0) is 6.42 Å². The Hall–Kier alpha value is -0.580. The molecule has 2 aromatic rings. The number of benzene rings is 2. The van der Waals surface area contributed by atoms with E-state index in [0.29, 0.717) is 0 Å². The normalized spacial score (nSPS) is 12.4. The van der Waals surface area contributed by atoms with Crippen LogP contribution in [0.1, 0.15) is 17.2 Å². The number of halogens is 2. The molecular formula is C14H13ClIN. The van der Waals surface area contributed by atoms with Gasteiger partial charge in [0.1, 0.15) is 0 Å². The van der Waals surface area contributed by atoms with Crippen molar-refractivity contribution in [1.82, 2.24) is 0 Å². The van der Waals surface area contributed by atoms with Crippen LogP contribution in [0.15, 0.2) is 48.5 Å². The maximum atomic E-state index is 6.18. The van der Waals surface area contributed by atoms with Gasteiger partial charge in [-0.25, -0.2) is 0 Å². The van der Waals surface area contributed by atoms with Crippen molar-refractivity contribution in [2.75, 3.05) is 0 Å². The second-order valence-corrected chi connectivity index (χ2v) is 5.54. The van der Waals surface area contributed by atoms with Gasteiger partial charge in [0.05, 0.1) is 5.02 Å². The summed E-state index contributed by atoms with van der Waals surface area (Å²) >= 11 is 8.31. The minimum Gasteiger partial charge on any atom is -0.324 e. The van der Waals surface area contributed by atoms with E-state index in [1.165, 1.54) is 5.56 Å². The Kier molecular flexibility index (Phi) is 4.42. The van der Waals surface area contributed by atoms with E-state index in [9.17, 15) is 0 Å². The second kappa shape index (κ2) is 5.85. The van der Waals surface area contributed by atoms with Gasteiger partial charge in [-0.05, 0) is 52.3 Å². The van der Waals surface area contributed by atoms with Crippen molar-refractivity contribution in [1.29, 1.82) is 0 Å². The van der Waals surface area contributed by atoms with Gasteiger partial charge in [0.15, 0.2) is 0 Å². The lowest BCUT2D eigenvalue weighted by Crippen LogP contribution is -2.13. The topological polar surface area (TPSA) is 26.0 Å². The highest BCUT2D eigenvalue weighted by atomic mass is 127. The third kappa shape index (κ3) is 3.44. The van der Waals surface area contributed by atoms with E-state index in [0.717, 1.165) is 20.6 Å². The first kappa shape index (κ1) is 12.9. The number of hydrogen-bond acceptors (Lipinski definition) is 1. The fourth-order valence-corrected chi connectivity index (χ4v) is 2.25. The molecule has 88 valence electrons.